The second-order valence-corrected chi connectivity index (χ2v) is 5.99. The molecule has 0 bridgehead atoms. The number of imidazole rings is 1. The summed E-state index contributed by atoms with van der Waals surface area (Å²) >= 11 is 0. The smallest absolute Gasteiger partial charge is 0.222 e. The van der Waals surface area contributed by atoms with Crippen molar-refractivity contribution >= 4 is 5.91 Å². The summed E-state index contributed by atoms with van der Waals surface area (Å²) in [5.74, 6) is 1.85. The van der Waals surface area contributed by atoms with Gasteiger partial charge in [0.05, 0.1) is 0 Å². The molecule has 0 aliphatic carbocycles. The van der Waals surface area contributed by atoms with E-state index < -0.39 is 0 Å². The summed E-state index contributed by atoms with van der Waals surface area (Å²) in [4.78, 5) is 22.8. The normalized spacial score (nSPS) is 17.0. The van der Waals surface area contributed by atoms with Crippen LogP contribution < -0.4 is 0 Å². The summed E-state index contributed by atoms with van der Waals surface area (Å²) < 4.78 is 2.21. The number of aromatic nitrogens is 3. The van der Waals surface area contributed by atoms with Crippen LogP contribution in [0.15, 0.2) is 36.8 Å². The van der Waals surface area contributed by atoms with Crippen LogP contribution in [0.3, 0.4) is 0 Å². The fourth-order valence-electron chi connectivity index (χ4n) is 3.03. The number of amides is 1. The van der Waals surface area contributed by atoms with E-state index in [1.165, 1.54) is 0 Å². The molecule has 116 valence electrons. The van der Waals surface area contributed by atoms with Gasteiger partial charge in [0.1, 0.15) is 5.82 Å². The molecule has 0 radical (unpaired) electrons. The molecule has 0 saturated carbocycles. The second kappa shape index (κ2) is 6.73. The highest BCUT2D eigenvalue weighted by Crippen LogP contribution is 2.20. The van der Waals surface area contributed by atoms with Crippen molar-refractivity contribution in [2.75, 3.05) is 13.6 Å². The maximum Gasteiger partial charge on any atom is 0.222 e. The molecule has 1 aliphatic rings. The Morgan fingerprint density at radius 3 is 3.09 bits per heavy atom. The lowest BCUT2D eigenvalue weighted by Gasteiger charge is -2.27. The zero-order chi connectivity index (χ0) is 15.4. The van der Waals surface area contributed by atoms with Crippen LogP contribution in [0.5, 0.6) is 0 Å². The molecule has 0 saturated heterocycles. The average Bonchev–Trinajstić information content (AvgIpc) is 3.01. The lowest BCUT2D eigenvalue weighted by molar-refractivity contribution is -0.130. The van der Waals surface area contributed by atoms with Gasteiger partial charge >= 0.3 is 0 Å². The van der Waals surface area contributed by atoms with Crippen LogP contribution in [0.25, 0.3) is 0 Å². The van der Waals surface area contributed by atoms with E-state index in [-0.39, 0.29) is 5.91 Å². The molecule has 0 spiro atoms. The minimum Gasteiger partial charge on any atom is -0.345 e. The van der Waals surface area contributed by atoms with Gasteiger partial charge in [-0.15, -0.1) is 0 Å². The summed E-state index contributed by atoms with van der Waals surface area (Å²) in [6.45, 7) is 1.82. The molecule has 3 heterocycles. The van der Waals surface area contributed by atoms with Gasteiger partial charge in [0.15, 0.2) is 0 Å². The Morgan fingerprint density at radius 1 is 1.36 bits per heavy atom. The lowest BCUT2D eigenvalue weighted by atomic mass is 9.97. The fraction of sp³-hybridized carbons (Fsp3) is 0.471. The standard InChI is InChI=1S/C17H22N4O/c1-20(17(22)6-5-15-4-2-3-8-18-15)13-14-7-10-21-11-9-19-16(21)12-14/h2-4,8-9,11,14H,5-7,10,12-13H2,1H3/t14-/m0/s1. The van der Waals surface area contributed by atoms with Crippen molar-refractivity contribution < 1.29 is 4.79 Å². The molecule has 1 atom stereocenters. The maximum absolute atomic E-state index is 12.3. The third kappa shape index (κ3) is 3.53. The van der Waals surface area contributed by atoms with E-state index in [2.05, 4.69) is 14.5 Å². The highest BCUT2D eigenvalue weighted by molar-refractivity contribution is 5.76. The monoisotopic (exact) mass is 298 g/mol. The number of carbonyl (C=O) groups excluding carboxylic acids is 1. The van der Waals surface area contributed by atoms with Crippen molar-refractivity contribution in [2.24, 2.45) is 5.92 Å². The highest BCUT2D eigenvalue weighted by atomic mass is 16.2. The zero-order valence-corrected chi connectivity index (χ0v) is 13.0. The van der Waals surface area contributed by atoms with Crippen molar-refractivity contribution in [3.05, 3.63) is 48.3 Å². The van der Waals surface area contributed by atoms with E-state index in [0.717, 1.165) is 37.4 Å². The van der Waals surface area contributed by atoms with E-state index in [0.29, 0.717) is 18.8 Å². The third-order valence-electron chi connectivity index (χ3n) is 4.33. The summed E-state index contributed by atoms with van der Waals surface area (Å²) in [5, 5.41) is 0. The summed E-state index contributed by atoms with van der Waals surface area (Å²) in [5.41, 5.74) is 0.976. The highest BCUT2D eigenvalue weighted by Gasteiger charge is 2.22. The first-order chi connectivity index (χ1) is 10.7. The van der Waals surface area contributed by atoms with Crippen LogP contribution in [-0.2, 0) is 24.2 Å². The minimum absolute atomic E-state index is 0.194. The number of rotatable bonds is 5. The molecule has 0 unspecified atom stereocenters. The number of nitrogens with zero attached hydrogens (tertiary/aromatic N) is 4. The van der Waals surface area contributed by atoms with E-state index in [1.54, 1.807) is 6.20 Å². The van der Waals surface area contributed by atoms with Gasteiger partial charge in [-0.2, -0.15) is 0 Å². The van der Waals surface area contributed by atoms with Crippen LogP contribution in [-0.4, -0.2) is 38.9 Å². The predicted molar refractivity (Wildman–Crippen MR) is 84.2 cm³/mol. The van der Waals surface area contributed by atoms with Crippen molar-refractivity contribution in [2.45, 2.75) is 32.2 Å². The first-order valence-corrected chi connectivity index (χ1v) is 7.86. The largest absolute Gasteiger partial charge is 0.345 e. The van der Waals surface area contributed by atoms with Gasteiger partial charge in [-0.05, 0) is 30.9 Å². The van der Waals surface area contributed by atoms with Crippen molar-refractivity contribution in [1.29, 1.82) is 0 Å². The second-order valence-electron chi connectivity index (χ2n) is 5.99. The van der Waals surface area contributed by atoms with Crippen molar-refractivity contribution in [1.82, 2.24) is 19.4 Å². The minimum atomic E-state index is 0.194. The molecule has 1 amide bonds. The molecular weight excluding hydrogens is 276 g/mol. The number of fused-ring (bicyclic) bond motifs is 1. The molecule has 5 heteroatoms. The molecule has 2 aromatic rings. The molecule has 1 aliphatic heterocycles. The number of hydrogen-bond donors (Lipinski definition) is 0. The Balaban J connectivity index is 1.47. The van der Waals surface area contributed by atoms with Crippen LogP contribution in [0.4, 0.5) is 0 Å². The Hall–Kier alpha value is -2.17. The quantitative estimate of drug-likeness (QED) is 0.847. The number of aryl methyl sites for hydroxylation is 2. The van der Waals surface area contributed by atoms with Gasteiger partial charge in [-0.1, -0.05) is 6.07 Å². The molecule has 5 nitrogen and oxygen atoms in total. The van der Waals surface area contributed by atoms with E-state index in [1.807, 2.05) is 42.5 Å². The van der Waals surface area contributed by atoms with E-state index in [9.17, 15) is 4.79 Å². The SMILES string of the molecule is CN(C[C@H]1CCn2ccnc2C1)C(=O)CCc1ccccn1. The van der Waals surface area contributed by atoms with Crippen LogP contribution >= 0.6 is 0 Å². The van der Waals surface area contributed by atoms with Crippen LogP contribution in [0.2, 0.25) is 0 Å². The summed E-state index contributed by atoms with van der Waals surface area (Å²) in [6.07, 6.45) is 8.97. The summed E-state index contributed by atoms with van der Waals surface area (Å²) in [6, 6.07) is 5.82. The van der Waals surface area contributed by atoms with E-state index in [4.69, 9.17) is 0 Å². The number of pyridine rings is 1. The molecule has 3 rings (SSSR count). The van der Waals surface area contributed by atoms with Gasteiger partial charge in [0, 0.05) is 57.3 Å². The zero-order valence-electron chi connectivity index (χ0n) is 13.0. The van der Waals surface area contributed by atoms with Gasteiger partial charge in [-0.3, -0.25) is 9.78 Å². The van der Waals surface area contributed by atoms with Crippen LogP contribution in [0, 0.1) is 5.92 Å². The average molecular weight is 298 g/mol. The maximum atomic E-state index is 12.3. The Morgan fingerprint density at radius 2 is 2.27 bits per heavy atom. The van der Waals surface area contributed by atoms with Crippen molar-refractivity contribution in [3.8, 4) is 0 Å². The molecular formula is C17H22N4O. The topological polar surface area (TPSA) is 51.0 Å². The Kier molecular flexibility index (Phi) is 4.51. The molecule has 0 aromatic carbocycles. The first kappa shape index (κ1) is 14.8. The molecule has 22 heavy (non-hydrogen) atoms. The van der Waals surface area contributed by atoms with Gasteiger partial charge < -0.3 is 9.47 Å². The third-order valence-corrected chi connectivity index (χ3v) is 4.33. The van der Waals surface area contributed by atoms with Crippen molar-refractivity contribution in [3.63, 3.8) is 0 Å². The Bertz CT molecular complexity index is 623. The molecule has 0 fully saturated rings. The fourth-order valence-corrected chi connectivity index (χ4v) is 3.03. The van der Waals surface area contributed by atoms with Gasteiger partial charge in [-0.25, -0.2) is 4.98 Å². The van der Waals surface area contributed by atoms with Crippen LogP contribution in [0.1, 0.15) is 24.4 Å². The summed E-state index contributed by atoms with van der Waals surface area (Å²) in [7, 11) is 1.90. The first-order valence-electron chi connectivity index (χ1n) is 7.86. The number of hydrogen-bond acceptors (Lipinski definition) is 3. The van der Waals surface area contributed by atoms with E-state index >= 15 is 0 Å². The Labute approximate surface area is 131 Å². The molecule has 0 N–H and O–H groups in total. The predicted octanol–water partition coefficient (Wildman–Crippen LogP) is 1.93. The van der Waals surface area contributed by atoms with Gasteiger partial charge in [0.25, 0.3) is 0 Å². The van der Waals surface area contributed by atoms with Gasteiger partial charge in [0.2, 0.25) is 5.91 Å². The lowest BCUT2D eigenvalue weighted by Crippen LogP contribution is -2.35. The number of carbonyl (C=O) groups is 1. The molecule has 2 aromatic heterocycles.